The molecule has 0 aliphatic rings. The second-order valence-corrected chi connectivity index (χ2v) is 4.21. The topological polar surface area (TPSA) is 33.1 Å². The first-order chi connectivity index (χ1) is 7.61. The molecule has 1 aromatic heterocycles. The number of aromatic hydroxyl groups is 1. The molecule has 0 aliphatic heterocycles. The van der Waals surface area contributed by atoms with Crippen molar-refractivity contribution in [2.45, 2.75) is 6.92 Å². The molecule has 2 rings (SSSR count). The molecule has 0 saturated carbocycles. The Kier molecular flexibility index (Phi) is 3.03. The van der Waals surface area contributed by atoms with Crippen LogP contribution in [0.5, 0.6) is 5.75 Å². The van der Waals surface area contributed by atoms with Gasteiger partial charge in [-0.3, -0.25) is 4.98 Å². The Balaban J connectivity index is 2.68. The van der Waals surface area contributed by atoms with Crippen LogP contribution in [-0.4, -0.2) is 10.1 Å². The summed E-state index contributed by atoms with van der Waals surface area (Å²) in [6.07, 6.45) is 1.63. The van der Waals surface area contributed by atoms with Crippen LogP contribution in [0.15, 0.2) is 30.5 Å². The van der Waals surface area contributed by atoms with Gasteiger partial charge in [0.1, 0.15) is 11.4 Å². The van der Waals surface area contributed by atoms with Gasteiger partial charge in [-0.25, -0.2) is 0 Å². The third kappa shape index (κ3) is 1.86. The fourth-order valence-electron chi connectivity index (χ4n) is 1.43. The maximum atomic E-state index is 9.90. The van der Waals surface area contributed by atoms with E-state index in [9.17, 15) is 5.11 Å². The zero-order chi connectivity index (χ0) is 11.7. The van der Waals surface area contributed by atoms with Gasteiger partial charge in [0.25, 0.3) is 0 Å². The highest BCUT2D eigenvalue weighted by Gasteiger charge is 2.12. The predicted octanol–water partition coefficient (Wildman–Crippen LogP) is 4.07. The summed E-state index contributed by atoms with van der Waals surface area (Å²) in [5, 5.41) is 10.7. The molecule has 1 heterocycles. The lowest BCUT2D eigenvalue weighted by Gasteiger charge is -2.08. The summed E-state index contributed by atoms with van der Waals surface area (Å²) in [5.74, 6) is 0.131. The molecule has 0 unspecified atom stereocenters. The van der Waals surface area contributed by atoms with Crippen molar-refractivity contribution >= 4 is 23.2 Å². The minimum Gasteiger partial charge on any atom is -0.505 e. The monoisotopic (exact) mass is 253 g/mol. The van der Waals surface area contributed by atoms with Gasteiger partial charge in [-0.2, -0.15) is 0 Å². The zero-order valence-electron chi connectivity index (χ0n) is 8.54. The zero-order valence-corrected chi connectivity index (χ0v) is 10.0. The van der Waals surface area contributed by atoms with Crippen LogP contribution in [0.1, 0.15) is 5.56 Å². The fraction of sp³-hybridized carbons (Fsp3) is 0.0833. The molecule has 0 radical (unpaired) electrons. The fourth-order valence-corrected chi connectivity index (χ4v) is 1.82. The molecule has 4 heteroatoms. The van der Waals surface area contributed by atoms with Gasteiger partial charge in [-0.1, -0.05) is 35.3 Å². The van der Waals surface area contributed by atoms with Crippen LogP contribution in [0.4, 0.5) is 0 Å². The van der Waals surface area contributed by atoms with Crippen molar-refractivity contribution in [3.63, 3.8) is 0 Å². The molecule has 0 bridgehead atoms. The van der Waals surface area contributed by atoms with Crippen molar-refractivity contribution in [2.24, 2.45) is 0 Å². The number of nitrogens with zero attached hydrogens (tertiary/aromatic N) is 1. The van der Waals surface area contributed by atoms with Crippen LogP contribution in [0.25, 0.3) is 11.3 Å². The first-order valence-electron chi connectivity index (χ1n) is 4.70. The number of benzene rings is 1. The van der Waals surface area contributed by atoms with Crippen LogP contribution >= 0.6 is 23.2 Å². The van der Waals surface area contributed by atoms with Crippen molar-refractivity contribution in [1.29, 1.82) is 0 Å². The minimum absolute atomic E-state index is 0.131. The van der Waals surface area contributed by atoms with Gasteiger partial charge in [0.2, 0.25) is 0 Å². The van der Waals surface area contributed by atoms with E-state index in [4.69, 9.17) is 23.2 Å². The maximum absolute atomic E-state index is 9.90. The van der Waals surface area contributed by atoms with E-state index in [1.807, 2.05) is 0 Å². The standard InChI is InChI=1S/C12H9Cl2NO/c1-7-5-6-15-11(12(7)16)8-3-2-4-9(13)10(8)14/h2-6,16H,1H3. The Morgan fingerprint density at radius 3 is 2.69 bits per heavy atom. The van der Waals surface area contributed by atoms with Gasteiger partial charge in [0.05, 0.1) is 10.0 Å². The molecule has 1 N–H and O–H groups in total. The highest BCUT2D eigenvalue weighted by atomic mass is 35.5. The summed E-state index contributed by atoms with van der Waals surface area (Å²) in [6, 6.07) is 6.97. The van der Waals surface area contributed by atoms with E-state index >= 15 is 0 Å². The summed E-state index contributed by atoms with van der Waals surface area (Å²) in [7, 11) is 0. The van der Waals surface area contributed by atoms with E-state index in [-0.39, 0.29) is 5.75 Å². The van der Waals surface area contributed by atoms with Crippen LogP contribution in [0.3, 0.4) is 0 Å². The lowest BCUT2D eigenvalue weighted by Crippen LogP contribution is -1.88. The number of hydrogen-bond acceptors (Lipinski definition) is 2. The molecule has 2 nitrogen and oxygen atoms in total. The predicted molar refractivity (Wildman–Crippen MR) is 66.1 cm³/mol. The average molecular weight is 254 g/mol. The molecule has 0 fully saturated rings. The molecule has 16 heavy (non-hydrogen) atoms. The Hall–Kier alpha value is -1.25. The number of halogens is 2. The smallest absolute Gasteiger partial charge is 0.144 e. The van der Waals surface area contributed by atoms with Crippen molar-refractivity contribution in [3.05, 3.63) is 46.1 Å². The normalized spacial score (nSPS) is 10.4. The Bertz CT molecular complexity index is 491. The van der Waals surface area contributed by atoms with Gasteiger partial charge in [0, 0.05) is 11.8 Å². The molecule has 1 aromatic carbocycles. The molecule has 82 valence electrons. The van der Waals surface area contributed by atoms with Crippen molar-refractivity contribution in [3.8, 4) is 17.0 Å². The van der Waals surface area contributed by atoms with Gasteiger partial charge in [-0.15, -0.1) is 0 Å². The van der Waals surface area contributed by atoms with Crippen molar-refractivity contribution in [2.75, 3.05) is 0 Å². The molecule has 0 atom stereocenters. The van der Waals surface area contributed by atoms with Gasteiger partial charge < -0.3 is 5.11 Å². The van der Waals surface area contributed by atoms with E-state index in [0.717, 1.165) is 5.56 Å². The molecule has 0 aliphatic carbocycles. The van der Waals surface area contributed by atoms with Crippen LogP contribution in [0.2, 0.25) is 10.0 Å². The van der Waals surface area contributed by atoms with E-state index in [2.05, 4.69) is 4.98 Å². The van der Waals surface area contributed by atoms with Gasteiger partial charge in [0.15, 0.2) is 0 Å². The van der Waals surface area contributed by atoms with Crippen LogP contribution in [0, 0.1) is 6.92 Å². The largest absolute Gasteiger partial charge is 0.505 e. The molecule has 0 spiro atoms. The third-order valence-electron chi connectivity index (χ3n) is 2.33. The number of aromatic nitrogens is 1. The second-order valence-electron chi connectivity index (χ2n) is 3.43. The van der Waals surface area contributed by atoms with Crippen LogP contribution < -0.4 is 0 Å². The molecular weight excluding hydrogens is 245 g/mol. The molecular formula is C12H9Cl2NO. The summed E-state index contributed by atoms with van der Waals surface area (Å²) in [4.78, 5) is 4.12. The Labute approximate surface area is 103 Å². The third-order valence-corrected chi connectivity index (χ3v) is 3.15. The van der Waals surface area contributed by atoms with E-state index in [0.29, 0.717) is 21.3 Å². The first-order valence-corrected chi connectivity index (χ1v) is 5.46. The maximum Gasteiger partial charge on any atom is 0.144 e. The highest BCUT2D eigenvalue weighted by molar-refractivity contribution is 6.43. The summed E-state index contributed by atoms with van der Waals surface area (Å²) in [5.41, 5.74) is 1.84. The first kappa shape index (κ1) is 11.2. The highest BCUT2D eigenvalue weighted by Crippen LogP contribution is 2.37. The van der Waals surface area contributed by atoms with Gasteiger partial charge in [-0.05, 0) is 24.6 Å². The number of rotatable bonds is 1. The van der Waals surface area contributed by atoms with E-state index < -0.39 is 0 Å². The lowest BCUT2D eigenvalue weighted by atomic mass is 10.1. The van der Waals surface area contributed by atoms with Crippen molar-refractivity contribution < 1.29 is 5.11 Å². The average Bonchev–Trinajstić information content (AvgIpc) is 2.27. The minimum atomic E-state index is 0.131. The van der Waals surface area contributed by atoms with Crippen LogP contribution in [-0.2, 0) is 0 Å². The second kappa shape index (κ2) is 4.32. The molecule has 0 saturated heterocycles. The SMILES string of the molecule is Cc1ccnc(-c2cccc(Cl)c2Cl)c1O. The quantitative estimate of drug-likeness (QED) is 0.832. The van der Waals surface area contributed by atoms with Crippen molar-refractivity contribution in [1.82, 2.24) is 4.98 Å². The summed E-state index contributed by atoms with van der Waals surface area (Å²) >= 11 is 12.0. The van der Waals surface area contributed by atoms with Gasteiger partial charge >= 0.3 is 0 Å². The van der Waals surface area contributed by atoms with E-state index in [1.54, 1.807) is 37.4 Å². The Morgan fingerprint density at radius 2 is 1.94 bits per heavy atom. The molecule has 0 amide bonds. The Morgan fingerprint density at radius 1 is 1.19 bits per heavy atom. The number of hydrogen-bond donors (Lipinski definition) is 1. The molecule has 2 aromatic rings. The summed E-state index contributed by atoms with van der Waals surface area (Å²) < 4.78 is 0. The number of aryl methyl sites for hydroxylation is 1. The summed E-state index contributed by atoms with van der Waals surface area (Å²) in [6.45, 7) is 1.80. The number of pyridine rings is 1. The van der Waals surface area contributed by atoms with E-state index in [1.165, 1.54) is 0 Å². The lowest BCUT2D eigenvalue weighted by molar-refractivity contribution is 0.471.